The van der Waals surface area contributed by atoms with Crippen molar-refractivity contribution in [2.75, 3.05) is 19.8 Å². The van der Waals surface area contributed by atoms with Gasteiger partial charge < -0.3 is 39.8 Å². The number of hydrogen-bond donors (Lipinski definition) is 0. The SMILES string of the molecule is CC(=O)OCC1(C)C(OC(C)=O)CCC2(C)C1CCC1(C)C2CC=C2C3CC(C)(C)CCC3(C(=O)[O][Al]([O]C(=O)C34CCC(C)(C)CC3C3=CCC5C6(C)CCC(OC(C)=O)C(C)(COC(C)=O)C6CCC5(C)C3(C)CC4)[O]C(=O)C34CCC(C)(C)CC3C3=CCC5C6(C)CCC(OC(C)=O)C(C)(COC(C)=O)C6CCC5(C)C3(C)CC4)CCC21C. The predicted octanol–water partition coefficient (Wildman–Crippen LogP) is 21.4. The Hall–Kier alpha value is -5.02. The van der Waals surface area contributed by atoms with Crippen LogP contribution in [0.25, 0.3) is 0 Å². The smallest absolute Gasteiger partial charge is 0.550 e. The molecule has 27 atom stereocenters. The van der Waals surface area contributed by atoms with Crippen molar-refractivity contribution >= 4 is 68.9 Å². The van der Waals surface area contributed by atoms with Crippen LogP contribution >= 0.6 is 0 Å². The molecule has 121 heavy (non-hydrogen) atoms. The van der Waals surface area contributed by atoms with E-state index < -0.39 is 83.9 Å². The highest BCUT2D eigenvalue weighted by molar-refractivity contribution is 6.44. The monoisotopic (exact) mass is 1690 g/mol. The van der Waals surface area contributed by atoms with Gasteiger partial charge in [0.1, 0.15) is 38.1 Å². The first-order valence-electron chi connectivity index (χ1n) is 47.7. The first kappa shape index (κ1) is 90.8. The van der Waals surface area contributed by atoms with E-state index >= 15 is 14.4 Å². The van der Waals surface area contributed by atoms with Crippen molar-refractivity contribution in [1.82, 2.24) is 0 Å². The van der Waals surface area contributed by atoms with Gasteiger partial charge in [-0.3, -0.25) is 43.2 Å². The minimum atomic E-state index is -4.21. The molecule has 0 N–H and O–H groups in total. The maximum Gasteiger partial charge on any atom is 1.20 e. The fraction of sp³-hybridized carbons (Fsp3) is 0.853. The Kier molecular flexibility index (Phi) is 22.5. The highest BCUT2D eigenvalue weighted by atomic mass is 27.3. The average Bonchev–Trinajstić information content (AvgIpc) is 0.681. The third kappa shape index (κ3) is 13.6. The zero-order valence-corrected chi connectivity index (χ0v) is 80.1. The number of carbonyl (C=O) groups is 9. The molecule has 672 valence electrons. The number of hydrogen-bond acceptors (Lipinski definition) is 18. The van der Waals surface area contributed by atoms with E-state index in [-0.39, 0.29) is 174 Å². The Morgan fingerprint density at radius 2 is 0.537 bits per heavy atom. The van der Waals surface area contributed by atoms with Crippen LogP contribution in [0.5, 0.6) is 0 Å². The third-order valence-corrected chi connectivity index (χ3v) is 42.9. The Morgan fingerprint density at radius 1 is 0.298 bits per heavy atom. The van der Waals surface area contributed by atoms with Crippen molar-refractivity contribution in [3.63, 3.8) is 0 Å². The summed E-state index contributed by atoms with van der Waals surface area (Å²) < 4.78 is 58.6. The third-order valence-electron chi connectivity index (χ3n) is 41.7. The molecule has 15 aliphatic rings. The number of fused-ring (bicyclic) bond motifs is 21. The summed E-state index contributed by atoms with van der Waals surface area (Å²) in [5.41, 5.74) is -3.44. The van der Waals surface area contributed by atoms with Crippen LogP contribution in [-0.4, -0.2) is 107 Å². The van der Waals surface area contributed by atoms with Crippen LogP contribution in [0.3, 0.4) is 0 Å². The van der Waals surface area contributed by atoms with Crippen molar-refractivity contribution in [3.05, 3.63) is 34.9 Å². The van der Waals surface area contributed by atoms with Crippen LogP contribution in [0.2, 0.25) is 0 Å². The number of allylic oxidation sites excluding steroid dienone is 6. The normalized spacial score (nSPS) is 47.3. The number of ether oxygens (including phenoxy) is 6. The lowest BCUT2D eigenvalue weighted by Gasteiger charge is -2.71. The lowest BCUT2D eigenvalue weighted by molar-refractivity contribution is -0.226. The van der Waals surface area contributed by atoms with Crippen molar-refractivity contribution < 1.29 is 82.9 Å². The van der Waals surface area contributed by atoms with Gasteiger partial charge >= 0.3 is 51.0 Å². The molecular formula is C102H153AlO18. The van der Waals surface area contributed by atoms with Crippen LogP contribution < -0.4 is 0 Å². The number of carbonyl (C=O) groups excluding carboxylic acids is 9. The zero-order valence-electron chi connectivity index (χ0n) is 78.9. The second kappa shape index (κ2) is 30.0. The molecule has 0 aromatic heterocycles. The summed E-state index contributed by atoms with van der Waals surface area (Å²) in [7, 11) is 0. The van der Waals surface area contributed by atoms with E-state index in [4.69, 9.17) is 39.8 Å². The summed E-state index contributed by atoms with van der Waals surface area (Å²) in [6.07, 6.45) is 28.9. The Balaban J connectivity index is 0.794. The summed E-state index contributed by atoms with van der Waals surface area (Å²) in [4.78, 5) is 128. The van der Waals surface area contributed by atoms with E-state index in [1.54, 1.807) is 0 Å². The molecule has 0 radical (unpaired) electrons. The van der Waals surface area contributed by atoms with E-state index in [1.165, 1.54) is 58.3 Å². The zero-order chi connectivity index (χ0) is 88.3. The van der Waals surface area contributed by atoms with Crippen LogP contribution in [0, 0.1) is 151 Å². The molecule has 12 saturated carbocycles. The van der Waals surface area contributed by atoms with Gasteiger partial charge in [0.25, 0.3) is 17.9 Å². The fourth-order valence-corrected chi connectivity index (χ4v) is 35.8. The van der Waals surface area contributed by atoms with Crippen LogP contribution in [-0.2, 0) is 82.9 Å². The molecule has 15 rings (SSSR count). The maximum absolute atomic E-state index is 17.1. The first-order valence-corrected chi connectivity index (χ1v) is 49.2. The molecule has 0 bridgehead atoms. The summed E-state index contributed by atoms with van der Waals surface area (Å²) >= 11 is -4.21. The second-order valence-corrected chi connectivity index (χ2v) is 50.2. The van der Waals surface area contributed by atoms with Crippen molar-refractivity contribution in [1.29, 1.82) is 0 Å². The fourth-order valence-electron chi connectivity index (χ4n) is 34.4. The molecule has 19 heteroatoms. The summed E-state index contributed by atoms with van der Waals surface area (Å²) in [6.45, 7) is 52.4. The molecule has 0 heterocycles. The molecule has 0 spiro atoms. The second-order valence-electron chi connectivity index (χ2n) is 48.9. The van der Waals surface area contributed by atoms with Gasteiger partial charge in [0.05, 0.1) is 16.2 Å². The van der Waals surface area contributed by atoms with Crippen molar-refractivity contribution in [3.8, 4) is 0 Å². The Bertz CT molecular complexity index is 3900. The van der Waals surface area contributed by atoms with E-state index in [0.29, 0.717) is 57.8 Å². The minimum Gasteiger partial charge on any atom is -0.550 e. The molecule has 0 aromatic rings. The van der Waals surface area contributed by atoms with E-state index in [9.17, 15) is 28.8 Å². The van der Waals surface area contributed by atoms with Gasteiger partial charge in [0, 0.05) is 57.8 Å². The van der Waals surface area contributed by atoms with Crippen LogP contribution in [0.15, 0.2) is 34.9 Å². The topological polar surface area (TPSA) is 237 Å². The minimum absolute atomic E-state index is 0.0999. The van der Waals surface area contributed by atoms with E-state index in [0.717, 1.165) is 135 Å². The molecule has 0 amide bonds. The highest BCUT2D eigenvalue weighted by Crippen LogP contribution is 2.81. The Labute approximate surface area is 730 Å². The van der Waals surface area contributed by atoms with Crippen molar-refractivity contribution in [2.24, 2.45) is 151 Å². The number of esters is 6. The molecule has 27 unspecified atom stereocenters. The van der Waals surface area contributed by atoms with Gasteiger partial charge in [0.15, 0.2) is 0 Å². The predicted molar refractivity (Wildman–Crippen MR) is 461 cm³/mol. The molecule has 15 aliphatic carbocycles. The standard InChI is InChI=1S/3C34H52O6.Al/c3*1-21(35)39-20-31(6)25-11-14-33(8)26(30(25,5)13-12-27(31)40-22(2)36)10-9-23-24-19-29(3,4)15-17-34(24,28(37)38)18-16-32(23,33)7;/h3*9,24-27H,10-20H2,1-8H3,(H,37,38);/q;;;+3/p-3. The summed E-state index contributed by atoms with van der Waals surface area (Å²) in [6, 6.07) is 0. The van der Waals surface area contributed by atoms with Crippen LogP contribution in [0.4, 0.5) is 0 Å². The van der Waals surface area contributed by atoms with Gasteiger partial charge in [-0.15, -0.1) is 0 Å². The van der Waals surface area contributed by atoms with Gasteiger partial charge in [-0.25, -0.2) is 0 Å². The molecule has 12 fully saturated rings. The van der Waals surface area contributed by atoms with Gasteiger partial charge in [-0.2, -0.15) is 0 Å². The van der Waals surface area contributed by atoms with E-state index in [2.05, 4.69) is 143 Å². The summed E-state index contributed by atoms with van der Waals surface area (Å²) in [5.74, 6) is -2.86. The van der Waals surface area contributed by atoms with E-state index in [1.807, 2.05) is 0 Å². The molecule has 0 aromatic carbocycles. The van der Waals surface area contributed by atoms with Crippen molar-refractivity contribution in [2.45, 2.75) is 377 Å². The molecular weight excluding hydrogens is 1540 g/mol. The lowest BCUT2D eigenvalue weighted by Crippen LogP contribution is -2.66. The maximum atomic E-state index is 17.1. The molecule has 18 nitrogen and oxygen atoms in total. The van der Waals surface area contributed by atoms with Gasteiger partial charge in [0.2, 0.25) is 0 Å². The van der Waals surface area contributed by atoms with Crippen LogP contribution in [0.1, 0.15) is 359 Å². The largest absolute Gasteiger partial charge is 1.20 e. The summed E-state index contributed by atoms with van der Waals surface area (Å²) in [5, 5.41) is 0. The number of rotatable bonds is 15. The Morgan fingerprint density at radius 3 is 0.769 bits per heavy atom. The van der Waals surface area contributed by atoms with Gasteiger partial charge in [-0.1, -0.05) is 160 Å². The van der Waals surface area contributed by atoms with Gasteiger partial charge in [-0.05, 0) is 311 Å². The lowest BCUT2D eigenvalue weighted by atomic mass is 9.33. The highest BCUT2D eigenvalue weighted by Gasteiger charge is 2.77. The molecule has 0 saturated heterocycles. The molecule has 0 aliphatic heterocycles. The first-order chi connectivity index (χ1) is 56.1. The average molecular weight is 1690 g/mol. The quantitative estimate of drug-likeness (QED) is 0.0641.